The summed E-state index contributed by atoms with van der Waals surface area (Å²) in [6.07, 6.45) is 0.173. The number of amides is 2. The van der Waals surface area contributed by atoms with E-state index in [1.165, 1.54) is 0 Å². The highest BCUT2D eigenvalue weighted by Gasteiger charge is 2.14. The molecule has 3 aromatic rings. The molecule has 3 rings (SSSR count). The molecule has 0 fully saturated rings. The van der Waals surface area contributed by atoms with Crippen molar-refractivity contribution in [3.05, 3.63) is 64.5 Å². The van der Waals surface area contributed by atoms with Crippen LogP contribution < -0.4 is 10.6 Å². The molecule has 0 saturated carbocycles. The molecule has 2 amide bonds. The van der Waals surface area contributed by atoms with Crippen LogP contribution in [0.3, 0.4) is 0 Å². The number of esters is 1. The van der Waals surface area contributed by atoms with Crippen LogP contribution in [0.5, 0.6) is 0 Å². The lowest BCUT2D eigenvalue weighted by Gasteiger charge is -2.13. The number of rotatable bonds is 9. The summed E-state index contributed by atoms with van der Waals surface area (Å²) in [5, 5.41) is 13.2. The van der Waals surface area contributed by atoms with E-state index >= 15 is 0 Å². The SMILES string of the molecule is Cc1ccc(-c2nnc(CCC(=O)OCC(=O)NCC(=O)Nc3c(C)cc(C)cc3C)o2)cc1. The number of nitrogens with one attached hydrogen (secondary N) is 2. The second-order valence-electron chi connectivity index (χ2n) is 8.13. The van der Waals surface area contributed by atoms with Crippen LogP contribution in [0.25, 0.3) is 11.5 Å². The van der Waals surface area contributed by atoms with Gasteiger partial charge in [0.15, 0.2) is 6.61 Å². The molecular weight excluding hydrogens is 436 g/mol. The number of aryl methyl sites for hydroxylation is 5. The van der Waals surface area contributed by atoms with Crippen molar-refractivity contribution < 1.29 is 23.5 Å². The molecule has 0 spiro atoms. The third kappa shape index (κ3) is 6.99. The second kappa shape index (κ2) is 11.2. The van der Waals surface area contributed by atoms with Gasteiger partial charge in [0, 0.05) is 17.7 Å². The number of nitrogens with zero attached hydrogens (tertiary/aromatic N) is 2. The Balaban J connectivity index is 1.37. The zero-order valence-electron chi connectivity index (χ0n) is 19.7. The smallest absolute Gasteiger partial charge is 0.306 e. The van der Waals surface area contributed by atoms with Crippen LogP contribution in [-0.4, -0.2) is 41.1 Å². The van der Waals surface area contributed by atoms with Gasteiger partial charge in [-0.15, -0.1) is 10.2 Å². The van der Waals surface area contributed by atoms with E-state index in [9.17, 15) is 14.4 Å². The van der Waals surface area contributed by atoms with E-state index in [0.717, 1.165) is 33.5 Å². The van der Waals surface area contributed by atoms with Crippen molar-refractivity contribution in [2.24, 2.45) is 0 Å². The first-order chi connectivity index (χ1) is 16.2. The normalized spacial score (nSPS) is 10.6. The minimum Gasteiger partial charge on any atom is -0.456 e. The molecule has 34 heavy (non-hydrogen) atoms. The molecule has 178 valence electrons. The zero-order chi connectivity index (χ0) is 24.7. The molecule has 2 aromatic carbocycles. The van der Waals surface area contributed by atoms with Crippen molar-refractivity contribution in [3.63, 3.8) is 0 Å². The Morgan fingerprint density at radius 2 is 1.59 bits per heavy atom. The standard InChI is InChI=1S/C25H28N4O5/c1-15-5-7-19(8-6-15)25-29-28-22(34-25)9-10-23(32)33-14-21(31)26-13-20(30)27-24-17(3)11-16(2)12-18(24)4/h5-8,11-12H,9-10,13-14H2,1-4H3,(H,26,31)(H,27,30). The number of benzene rings is 2. The fraction of sp³-hybridized carbons (Fsp3) is 0.320. The highest BCUT2D eigenvalue weighted by atomic mass is 16.5. The molecule has 0 aliphatic heterocycles. The fourth-order valence-electron chi connectivity index (χ4n) is 3.39. The topological polar surface area (TPSA) is 123 Å². The van der Waals surface area contributed by atoms with E-state index in [0.29, 0.717) is 11.8 Å². The van der Waals surface area contributed by atoms with Crippen LogP contribution in [0, 0.1) is 27.7 Å². The molecule has 0 saturated heterocycles. The summed E-state index contributed by atoms with van der Waals surface area (Å²) < 4.78 is 10.5. The lowest BCUT2D eigenvalue weighted by molar-refractivity contribution is -0.148. The summed E-state index contributed by atoms with van der Waals surface area (Å²) in [7, 11) is 0. The van der Waals surface area contributed by atoms with Gasteiger partial charge in [-0.1, -0.05) is 35.4 Å². The minimum absolute atomic E-state index is 0.0186. The van der Waals surface area contributed by atoms with E-state index < -0.39 is 18.5 Å². The molecule has 0 bridgehead atoms. The molecule has 1 heterocycles. The van der Waals surface area contributed by atoms with Crippen molar-refractivity contribution in [1.82, 2.24) is 15.5 Å². The summed E-state index contributed by atoms with van der Waals surface area (Å²) in [4.78, 5) is 36.0. The van der Waals surface area contributed by atoms with Gasteiger partial charge in [0.25, 0.3) is 5.91 Å². The summed E-state index contributed by atoms with van der Waals surface area (Å²) in [6, 6.07) is 11.6. The number of hydrogen-bond acceptors (Lipinski definition) is 7. The van der Waals surface area contributed by atoms with Gasteiger partial charge in [-0.25, -0.2) is 0 Å². The van der Waals surface area contributed by atoms with Crippen LogP contribution in [0.15, 0.2) is 40.8 Å². The van der Waals surface area contributed by atoms with Crippen molar-refractivity contribution in [2.75, 3.05) is 18.5 Å². The van der Waals surface area contributed by atoms with E-state index in [1.54, 1.807) is 0 Å². The van der Waals surface area contributed by atoms with Gasteiger partial charge in [0.05, 0.1) is 13.0 Å². The van der Waals surface area contributed by atoms with Crippen LogP contribution in [0.4, 0.5) is 5.69 Å². The quantitative estimate of drug-likeness (QED) is 0.466. The Morgan fingerprint density at radius 1 is 0.912 bits per heavy atom. The van der Waals surface area contributed by atoms with Gasteiger partial charge < -0.3 is 19.8 Å². The van der Waals surface area contributed by atoms with Crippen molar-refractivity contribution in [3.8, 4) is 11.5 Å². The van der Waals surface area contributed by atoms with Crippen LogP contribution in [0.1, 0.15) is 34.6 Å². The van der Waals surface area contributed by atoms with Gasteiger partial charge in [-0.05, 0) is 51.0 Å². The van der Waals surface area contributed by atoms with Crippen LogP contribution >= 0.6 is 0 Å². The largest absolute Gasteiger partial charge is 0.456 e. The van der Waals surface area contributed by atoms with Gasteiger partial charge in [-0.2, -0.15) is 0 Å². The van der Waals surface area contributed by atoms with Gasteiger partial charge in [-0.3, -0.25) is 14.4 Å². The Kier molecular flexibility index (Phi) is 8.13. The summed E-state index contributed by atoms with van der Waals surface area (Å²) in [5.74, 6) is -0.844. The lowest BCUT2D eigenvalue weighted by atomic mass is 10.1. The van der Waals surface area contributed by atoms with E-state index in [2.05, 4.69) is 20.8 Å². The predicted molar refractivity (Wildman–Crippen MR) is 126 cm³/mol. The van der Waals surface area contributed by atoms with Gasteiger partial charge in [0.2, 0.25) is 17.7 Å². The highest BCUT2D eigenvalue weighted by molar-refractivity contribution is 5.96. The molecule has 0 radical (unpaired) electrons. The molecule has 2 N–H and O–H groups in total. The first-order valence-electron chi connectivity index (χ1n) is 10.9. The van der Waals surface area contributed by atoms with E-state index in [-0.39, 0.29) is 25.3 Å². The van der Waals surface area contributed by atoms with Crippen molar-refractivity contribution in [2.45, 2.75) is 40.5 Å². The molecule has 9 heteroatoms. The second-order valence-corrected chi connectivity index (χ2v) is 8.13. The highest BCUT2D eigenvalue weighted by Crippen LogP contribution is 2.21. The Hall–Kier alpha value is -4.01. The first kappa shape index (κ1) is 24.6. The molecule has 0 aliphatic rings. The van der Waals surface area contributed by atoms with Crippen LogP contribution in [0.2, 0.25) is 0 Å². The molecular formula is C25H28N4O5. The lowest BCUT2D eigenvalue weighted by Crippen LogP contribution is -2.35. The maximum atomic E-state index is 12.2. The number of hydrogen-bond donors (Lipinski definition) is 2. The number of ether oxygens (including phenoxy) is 1. The fourth-order valence-corrected chi connectivity index (χ4v) is 3.39. The Morgan fingerprint density at radius 3 is 2.26 bits per heavy atom. The van der Waals surface area contributed by atoms with Crippen molar-refractivity contribution >= 4 is 23.5 Å². The average molecular weight is 465 g/mol. The average Bonchev–Trinajstić information content (AvgIpc) is 3.27. The minimum atomic E-state index is -0.583. The van der Waals surface area contributed by atoms with Crippen molar-refractivity contribution in [1.29, 1.82) is 0 Å². The van der Waals surface area contributed by atoms with Gasteiger partial charge >= 0.3 is 5.97 Å². The molecule has 0 aliphatic carbocycles. The Bertz CT molecular complexity index is 1160. The molecule has 0 unspecified atom stereocenters. The van der Waals surface area contributed by atoms with Gasteiger partial charge in [0.1, 0.15) is 0 Å². The summed E-state index contributed by atoms with van der Waals surface area (Å²) >= 11 is 0. The van der Waals surface area contributed by atoms with E-state index in [4.69, 9.17) is 9.15 Å². The summed E-state index contributed by atoms with van der Waals surface area (Å²) in [5.41, 5.74) is 5.63. The third-order valence-corrected chi connectivity index (χ3v) is 5.06. The zero-order valence-corrected chi connectivity index (χ0v) is 19.7. The first-order valence-corrected chi connectivity index (χ1v) is 10.9. The number of anilines is 1. The number of carbonyl (C=O) groups excluding carboxylic acids is 3. The molecule has 1 aromatic heterocycles. The molecule has 0 atom stereocenters. The third-order valence-electron chi connectivity index (χ3n) is 5.06. The number of carbonyl (C=O) groups is 3. The van der Waals surface area contributed by atoms with Crippen LogP contribution in [-0.2, 0) is 25.5 Å². The predicted octanol–water partition coefficient (Wildman–Crippen LogP) is 3.20. The number of aromatic nitrogens is 2. The maximum absolute atomic E-state index is 12.2. The monoisotopic (exact) mass is 464 g/mol. The Labute approximate surface area is 197 Å². The maximum Gasteiger partial charge on any atom is 0.306 e. The summed E-state index contributed by atoms with van der Waals surface area (Å²) in [6.45, 7) is 7.07. The van der Waals surface area contributed by atoms with E-state index in [1.807, 2.05) is 64.1 Å². The molecule has 9 nitrogen and oxygen atoms in total.